The van der Waals surface area contributed by atoms with E-state index in [0.29, 0.717) is 29.6 Å². The number of nitrogens with zero attached hydrogens (tertiary/aromatic N) is 4. The molecule has 0 radical (unpaired) electrons. The van der Waals surface area contributed by atoms with Gasteiger partial charge in [-0.1, -0.05) is 29.5 Å². The van der Waals surface area contributed by atoms with E-state index in [4.69, 9.17) is 4.74 Å². The van der Waals surface area contributed by atoms with Crippen molar-refractivity contribution in [3.63, 3.8) is 0 Å². The number of amides is 1. The van der Waals surface area contributed by atoms with Gasteiger partial charge in [0.25, 0.3) is 11.5 Å². The molecule has 1 saturated heterocycles. The largest absolute Gasteiger partial charge is 0.379 e. The van der Waals surface area contributed by atoms with Crippen LogP contribution in [0, 0.1) is 0 Å². The number of nitrogens with one attached hydrogen (secondary N) is 1. The maximum atomic E-state index is 12.6. The molecule has 1 aliphatic heterocycles. The van der Waals surface area contributed by atoms with E-state index in [9.17, 15) is 9.59 Å². The van der Waals surface area contributed by atoms with Crippen LogP contribution in [0.25, 0.3) is 10.9 Å². The molecule has 4 rings (SSSR count). The van der Waals surface area contributed by atoms with Crippen LogP contribution in [0.4, 0.5) is 0 Å². The van der Waals surface area contributed by atoms with Crippen LogP contribution in [0.15, 0.2) is 53.3 Å². The van der Waals surface area contributed by atoms with Crippen LogP contribution in [0.3, 0.4) is 0 Å². The van der Waals surface area contributed by atoms with Crippen molar-refractivity contribution in [3.8, 4) is 0 Å². The minimum absolute atomic E-state index is 0.0915. The predicted molar refractivity (Wildman–Crippen MR) is 114 cm³/mol. The lowest BCUT2D eigenvalue weighted by atomic mass is 10.1. The summed E-state index contributed by atoms with van der Waals surface area (Å²) in [4.78, 5) is 27.2. The maximum absolute atomic E-state index is 12.6. The van der Waals surface area contributed by atoms with Gasteiger partial charge in [0.1, 0.15) is 5.52 Å². The summed E-state index contributed by atoms with van der Waals surface area (Å²) in [7, 11) is 0. The first-order valence-electron chi connectivity index (χ1n) is 10.2. The van der Waals surface area contributed by atoms with Crippen LogP contribution in [-0.2, 0) is 11.3 Å². The Kier molecular flexibility index (Phi) is 6.46. The Balaban J connectivity index is 1.31. The van der Waals surface area contributed by atoms with E-state index < -0.39 is 0 Å². The summed E-state index contributed by atoms with van der Waals surface area (Å²) in [5.74, 6) is -0.0915. The highest BCUT2D eigenvalue weighted by atomic mass is 16.5. The fraction of sp³-hybridized carbons (Fsp3) is 0.364. The first-order chi connectivity index (χ1) is 14.7. The normalized spacial score (nSPS) is 14.7. The molecule has 1 aromatic heterocycles. The molecule has 3 aromatic rings. The van der Waals surface area contributed by atoms with Crippen LogP contribution in [0.2, 0.25) is 0 Å². The summed E-state index contributed by atoms with van der Waals surface area (Å²) in [6.07, 6.45) is 0.910. The van der Waals surface area contributed by atoms with Crippen molar-refractivity contribution in [1.82, 2.24) is 25.2 Å². The molecule has 1 aliphatic rings. The number of aromatic nitrogens is 3. The van der Waals surface area contributed by atoms with Gasteiger partial charge in [-0.15, -0.1) is 5.10 Å². The Morgan fingerprint density at radius 2 is 1.83 bits per heavy atom. The van der Waals surface area contributed by atoms with Crippen LogP contribution in [0.5, 0.6) is 0 Å². The summed E-state index contributed by atoms with van der Waals surface area (Å²) in [5, 5.41) is 11.6. The second-order valence-corrected chi connectivity index (χ2v) is 7.33. The predicted octanol–water partition coefficient (Wildman–Crippen LogP) is 1.29. The van der Waals surface area contributed by atoms with E-state index >= 15 is 0 Å². The first-order valence-corrected chi connectivity index (χ1v) is 10.2. The first kappa shape index (κ1) is 20.2. The molecule has 2 heterocycles. The van der Waals surface area contributed by atoms with Crippen molar-refractivity contribution in [1.29, 1.82) is 0 Å². The summed E-state index contributed by atoms with van der Waals surface area (Å²) >= 11 is 0. The number of ether oxygens (including phenoxy) is 1. The standard InChI is InChI=1S/C22H25N5O3/c28-21(23-10-3-11-26-12-14-30-15-13-26)18-8-6-17(7-9-18)16-27-22(29)19-4-1-2-5-20(19)24-25-27/h1-2,4-9H,3,10-16H2,(H,23,28). The topological polar surface area (TPSA) is 89.3 Å². The molecule has 1 N–H and O–H groups in total. The average molecular weight is 407 g/mol. The molecule has 8 heteroatoms. The Morgan fingerprint density at radius 3 is 2.63 bits per heavy atom. The van der Waals surface area contributed by atoms with E-state index in [-0.39, 0.29) is 11.5 Å². The Morgan fingerprint density at radius 1 is 1.07 bits per heavy atom. The molecule has 0 aliphatic carbocycles. The molecule has 1 fully saturated rings. The zero-order valence-electron chi connectivity index (χ0n) is 16.8. The van der Waals surface area contributed by atoms with Crippen LogP contribution in [0.1, 0.15) is 22.3 Å². The molecule has 30 heavy (non-hydrogen) atoms. The van der Waals surface area contributed by atoms with E-state index in [2.05, 4.69) is 20.5 Å². The van der Waals surface area contributed by atoms with Gasteiger partial charge in [0.15, 0.2) is 0 Å². The van der Waals surface area contributed by atoms with Crippen molar-refractivity contribution in [2.45, 2.75) is 13.0 Å². The van der Waals surface area contributed by atoms with Crippen molar-refractivity contribution in [2.24, 2.45) is 0 Å². The number of carbonyl (C=O) groups excluding carboxylic acids is 1. The number of hydrogen-bond donors (Lipinski definition) is 1. The van der Waals surface area contributed by atoms with Crippen molar-refractivity contribution >= 4 is 16.8 Å². The van der Waals surface area contributed by atoms with E-state index in [0.717, 1.165) is 44.8 Å². The lowest BCUT2D eigenvalue weighted by Crippen LogP contribution is -2.38. The maximum Gasteiger partial charge on any atom is 0.277 e. The van der Waals surface area contributed by atoms with Gasteiger partial charge in [-0.05, 0) is 42.8 Å². The van der Waals surface area contributed by atoms with E-state index in [1.54, 1.807) is 24.3 Å². The third kappa shape index (κ3) is 4.90. The third-order valence-electron chi connectivity index (χ3n) is 5.22. The van der Waals surface area contributed by atoms with Crippen molar-refractivity contribution in [3.05, 3.63) is 70.0 Å². The fourth-order valence-corrected chi connectivity index (χ4v) is 3.49. The minimum atomic E-state index is -0.178. The zero-order valence-corrected chi connectivity index (χ0v) is 16.8. The molecule has 156 valence electrons. The SMILES string of the molecule is O=C(NCCCN1CCOCC1)c1ccc(Cn2nnc3ccccc3c2=O)cc1. The Labute approximate surface area is 174 Å². The van der Waals surface area contributed by atoms with Gasteiger partial charge in [0.2, 0.25) is 0 Å². The lowest BCUT2D eigenvalue weighted by Gasteiger charge is -2.26. The molecule has 0 bridgehead atoms. The molecule has 0 spiro atoms. The summed E-state index contributed by atoms with van der Waals surface area (Å²) < 4.78 is 6.67. The fourth-order valence-electron chi connectivity index (χ4n) is 3.49. The monoisotopic (exact) mass is 407 g/mol. The molecule has 0 saturated carbocycles. The minimum Gasteiger partial charge on any atom is -0.379 e. The summed E-state index contributed by atoms with van der Waals surface area (Å²) in [5.41, 5.74) is 1.88. The van der Waals surface area contributed by atoms with Gasteiger partial charge in [-0.25, -0.2) is 4.68 Å². The molecular formula is C22H25N5O3. The highest BCUT2D eigenvalue weighted by molar-refractivity contribution is 5.94. The second kappa shape index (κ2) is 9.60. The Hall–Kier alpha value is -3.10. The van der Waals surface area contributed by atoms with Gasteiger partial charge in [-0.2, -0.15) is 0 Å². The van der Waals surface area contributed by atoms with Gasteiger partial charge in [0, 0.05) is 25.2 Å². The second-order valence-electron chi connectivity index (χ2n) is 7.33. The number of hydrogen-bond acceptors (Lipinski definition) is 6. The molecule has 1 amide bonds. The van der Waals surface area contributed by atoms with E-state index in [1.165, 1.54) is 4.68 Å². The molecule has 0 unspecified atom stereocenters. The lowest BCUT2D eigenvalue weighted by molar-refractivity contribution is 0.0374. The number of benzene rings is 2. The number of morpholine rings is 1. The van der Waals surface area contributed by atoms with Gasteiger partial charge >= 0.3 is 0 Å². The molecule has 8 nitrogen and oxygen atoms in total. The van der Waals surface area contributed by atoms with Gasteiger partial charge in [0.05, 0.1) is 25.1 Å². The zero-order chi connectivity index (χ0) is 20.8. The number of rotatable bonds is 7. The number of fused-ring (bicyclic) bond motifs is 1. The highest BCUT2D eigenvalue weighted by Crippen LogP contribution is 2.08. The molecule has 0 atom stereocenters. The molecular weight excluding hydrogens is 382 g/mol. The average Bonchev–Trinajstić information content (AvgIpc) is 2.80. The van der Waals surface area contributed by atoms with E-state index in [1.807, 2.05) is 24.3 Å². The quantitative estimate of drug-likeness (QED) is 0.594. The van der Waals surface area contributed by atoms with Gasteiger partial charge in [-0.3, -0.25) is 14.5 Å². The Bertz CT molecular complexity index is 1060. The van der Waals surface area contributed by atoms with Crippen molar-refractivity contribution < 1.29 is 9.53 Å². The number of carbonyl (C=O) groups is 1. The molecule has 2 aromatic carbocycles. The summed E-state index contributed by atoms with van der Waals surface area (Å²) in [6.45, 7) is 5.40. The van der Waals surface area contributed by atoms with Crippen molar-refractivity contribution in [2.75, 3.05) is 39.4 Å². The third-order valence-corrected chi connectivity index (χ3v) is 5.22. The highest BCUT2D eigenvalue weighted by Gasteiger charge is 2.11. The van der Waals surface area contributed by atoms with Gasteiger partial charge < -0.3 is 10.1 Å². The smallest absolute Gasteiger partial charge is 0.277 e. The van der Waals surface area contributed by atoms with Crippen LogP contribution < -0.4 is 10.9 Å². The van der Waals surface area contributed by atoms with Crippen LogP contribution in [-0.4, -0.2) is 65.2 Å². The summed E-state index contributed by atoms with van der Waals surface area (Å²) in [6, 6.07) is 14.4. The van der Waals surface area contributed by atoms with Crippen LogP contribution >= 0.6 is 0 Å².